The second-order valence-corrected chi connectivity index (χ2v) is 10.0. The van der Waals surface area contributed by atoms with Gasteiger partial charge in [0.05, 0.1) is 12.7 Å². The fraction of sp³-hybridized carbons (Fsp3) is 0.586. The lowest BCUT2D eigenvalue weighted by Crippen LogP contribution is -2.22. The van der Waals surface area contributed by atoms with Crippen LogP contribution in [-0.4, -0.2) is 6.10 Å². The van der Waals surface area contributed by atoms with Gasteiger partial charge in [-0.2, -0.15) is 0 Å². The Bertz CT molecular complexity index is 981. The van der Waals surface area contributed by atoms with Crippen molar-refractivity contribution in [1.29, 1.82) is 0 Å². The third kappa shape index (κ3) is 5.05. The Morgan fingerprint density at radius 1 is 0.765 bits per heavy atom. The van der Waals surface area contributed by atoms with E-state index in [9.17, 15) is 4.39 Å². The zero-order valence-corrected chi connectivity index (χ0v) is 20.3. The largest absolute Gasteiger partial charge is 0.373 e. The molecule has 1 fully saturated rings. The van der Waals surface area contributed by atoms with E-state index in [0.717, 1.165) is 31.6 Å². The number of halogens is 4. The first kappa shape index (κ1) is 25.2. The van der Waals surface area contributed by atoms with Crippen LogP contribution in [0.5, 0.6) is 0 Å². The van der Waals surface area contributed by atoms with Crippen molar-refractivity contribution < 1.29 is 22.3 Å². The second kappa shape index (κ2) is 11.2. The number of benzene rings is 2. The maximum absolute atomic E-state index is 15.4. The number of alkyl halides is 2. The van der Waals surface area contributed by atoms with Crippen LogP contribution >= 0.6 is 0 Å². The van der Waals surface area contributed by atoms with Crippen molar-refractivity contribution in [2.24, 2.45) is 5.92 Å². The van der Waals surface area contributed by atoms with Crippen molar-refractivity contribution in [2.45, 2.75) is 103 Å². The van der Waals surface area contributed by atoms with E-state index in [1.807, 2.05) is 6.92 Å². The molecule has 186 valence electrons. The van der Waals surface area contributed by atoms with Gasteiger partial charge < -0.3 is 4.74 Å². The minimum Gasteiger partial charge on any atom is -0.373 e. The zero-order valence-electron chi connectivity index (χ0n) is 20.3. The van der Waals surface area contributed by atoms with Gasteiger partial charge in [-0.3, -0.25) is 0 Å². The molecule has 5 heteroatoms. The van der Waals surface area contributed by atoms with Gasteiger partial charge >= 0.3 is 0 Å². The number of aryl methyl sites for hydroxylation is 1. The van der Waals surface area contributed by atoms with Crippen LogP contribution in [0.1, 0.15) is 106 Å². The predicted molar refractivity (Wildman–Crippen MR) is 128 cm³/mol. The van der Waals surface area contributed by atoms with Crippen molar-refractivity contribution in [3.05, 3.63) is 58.2 Å². The molecule has 0 aromatic heterocycles. The molecule has 2 atom stereocenters. The third-order valence-electron chi connectivity index (χ3n) is 7.62. The summed E-state index contributed by atoms with van der Waals surface area (Å²) >= 11 is 0. The number of hydrogen-bond donors (Lipinski definition) is 0. The van der Waals surface area contributed by atoms with E-state index in [0.29, 0.717) is 18.4 Å². The standard InChI is InChI=1S/C29H36F4O/c1-3-5-6-8-18-9-13-21(14-10-18)34-17-20-12-16-23-22-15-11-19(7-4-2)26(30)24(22)28(32)29(33)25(23)27(20)31/h11-12,15-16,18,21,28-29H,3-10,13-14,17H2,1-2H3. The summed E-state index contributed by atoms with van der Waals surface area (Å²) in [5.74, 6) is -0.734. The third-order valence-corrected chi connectivity index (χ3v) is 7.62. The minimum atomic E-state index is -2.24. The van der Waals surface area contributed by atoms with Crippen LogP contribution < -0.4 is 0 Å². The molecule has 0 N–H and O–H groups in total. The summed E-state index contributed by atoms with van der Waals surface area (Å²) in [6, 6.07) is 6.34. The molecule has 2 aliphatic rings. The lowest BCUT2D eigenvalue weighted by Gasteiger charge is -2.30. The Labute approximate surface area is 200 Å². The first-order valence-corrected chi connectivity index (χ1v) is 13.0. The van der Waals surface area contributed by atoms with E-state index in [4.69, 9.17) is 4.74 Å². The quantitative estimate of drug-likeness (QED) is 0.259. The number of ether oxygens (including phenoxy) is 1. The monoisotopic (exact) mass is 476 g/mol. The van der Waals surface area contributed by atoms with E-state index in [1.54, 1.807) is 24.3 Å². The minimum absolute atomic E-state index is 0.0324. The first-order valence-electron chi connectivity index (χ1n) is 13.0. The summed E-state index contributed by atoms with van der Waals surface area (Å²) in [7, 11) is 0. The van der Waals surface area contributed by atoms with E-state index >= 15 is 13.2 Å². The van der Waals surface area contributed by atoms with Gasteiger partial charge in [-0.1, -0.05) is 70.2 Å². The highest BCUT2D eigenvalue weighted by Crippen LogP contribution is 2.51. The summed E-state index contributed by atoms with van der Waals surface area (Å²) in [6.07, 6.45) is 5.95. The maximum atomic E-state index is 15.4. The van der Waals surface area contributed by atoms with E-state index in [1.165, 1.54) is 25.7 Å². The summed E-state index contributed by atoms with van der Waals surface area (Å²) in [4.78, 5) is 0. The van der Waals surface area contributed by atoms with Crippen molar-refractivity contribution in [2.75, 3.05) is 0 Å². The fourth-order valence-corrected chi connectivity index (χ4v) is 5.63. The molecule has 34 heavy (non-hydrogen) atoms. The summed E-state index contributed by atoms with van der Waals surface area (Å²) in [5.41, 5.74) is 0.456. The van der Waals surface area contributed by atoms with Gasteiger partial charge in [-0.25, -0.2) is 17.6 Å². The second-order valence-electron chi connectivity index (χ2n) is 10.0. The molecule has 1 nitrogen and oxygen atoms in total. The van der Waals surface area contributed by atoms with Crippen molar-refractivity contribution in [3.63, 3.8) is 0 Å². The maximum Gasteiger partial charge on any atom is 0.164 e. The van der Waals surface area contributed by atoms with Gasteiger partial charge in [-0.15, -0.1) is 0 Å². The van der Waals surface area contributed by atoms with E-state index in [2.05, 4.69) is 6.92 Å². The molecule has 2 aliphatic carbocycles. The Kier molecular flexibility index (Phi) is 8.34. The fourth-order valence-electron chi connectivity index (χ4n) is 5.63. The van der Waals surface area contributed by atoms with Crippen LogP contribution in [0.2, 0.25) is 0 Å². The number of hydrogen-bond acceptors (Lipinski definition) is 1. The zero-order chi connectivity index (χ0) is 24.2. The molecule has 2 unspecified atom stereocenters. The molecule has 0 amide bonds. The van der Waals surface area contributed by atoms with Gasteiger partial charge in [0.25, 0.3) is 0 Å². The molecule has 0 radical (unpaired) electrons. The smallest absolute Gasteiger partial charge is 0.164 e. The molecule has 1 saturated carbocycles. The number of unbranched alkanes of at least 4 members (excludes halogenated alkanes) is 2. The van der Waals surface area contributed by atoms with Crippen LogP contribution in [0.3, 0.4) is 0 Å². The summed E-state index contributed by atoms with van der Waals surface area (Å²) in [5, 5.41) is 0. The van der Waals surface area contributed by atoms with Gasteiger partial charge in [0.1, 0.15) is 11.6 Å². The molecule has 2 aromatic carbocycles. The molecule has 4 rings (SSSR count). The Morgan fingerprint density at radius 2 is 1.35 bits per heavy atom. The average Bonchev–Trinajstić information content (AvgIpc) is 2.84. The predicted octanol–water partition coefficient (Wildman–Crippen LogP) is 9.27. The molecule has 0 spiro atoms. The molecule has 2 aromatic rings. The highest BCUT2D eigenvalue weighted by Gasteiger charge is 2.39. The molecular weight excluding hydrogens is 440 g/mol. The highest BCUT2D eigenvalue weighted by atomic mass is 19.2. The Balaban J connectivity index is 1.48. The molecule has 0 bridgehead atoms. The van der Waals surface area contributed by atoms with Crippen LogP contribution in [0, 0.1) is 17.6 Å². The SMILES string of the molecule is CCCCCC1CCC(OCc2ccc3c(c2F)C(F)C(F)c2c-3ccc(CCC)c2F)CC1. The summed E-state index contributed by atoms with van der Waals surface area (Å²) in [6.45, 7) is 4.14. The topological polar surface area (TPSA) is 9.23 Å². The molecule has 0 saturated heterocycles. The summed E-state index contributed by atoms with van der Waals surface area (Å²) < 4.78 is 66.5. The normalized spacial score (nSPS) is 24.1. The van der Waals surface area contributed by atoms with E-state index < -0.39 is 24.0 Å². The number of fused-ring (bicyclic) bond motifs is 3. The molecule has 0 heterocycles. The van der Waals surface area contributed by atoms with E-state index in [-0.39, 0.29) is 40.5 Å². The average molecular weight is 477 g/mol. The number of rotatable bonds is 9. The van der Waals surface area contributed by atoms with Crippen molar-refractivity contribution >= 4 is 0 Å². The highest BCUT2D eigenvalue weighted by molar-refractivity contribution is 5.75. The van der Waals surface area contributed by atoms with Crippen LogP contribution in [0.15, 0.2) is 24.3 Å². The van der Waals surface area contributed by atoms with Gasteiger partial charge in [0.2, 0.25) is 0 Å². The molecule has 0 aliphatic heterocycles. The van der Waals surface area contributed by atoms with Gasteiger partial charge in [-0.05, 0) is 54.7 Å². The van der Waals surface area contributed by atoms with Crippen LogP contribution in [0.25, 0.3) is 11.1 Å². The van der Waals surface area contributed by atoms with Crippen LogP contribution in [-0.2, 0) is 17.8 Å². The van der Waals surface area contributed by atoms with Crippen molar-refractivity contribution in [3.8, 4) is 11.1 Å². The van der Waals surface area contributed by atoms with Crippen LogP contribution in [0.4, 0.5) is 17.6 Å². The van der Waals surface area contributed by atoms with Crippen molar-refractivity contribution in [1.82, 2.24) is 0 Å². The molecular formula is C29H36F4O. The Hall–Kier alpha value is -1.88. The van der Waals surface area contributed by atoms with Gasteiger partial charge in [0.15, 0.2) is 12.3 Å². The lowest BCUT2D eigenvalue weighted by atomic mass is 9.80. The van der Waals surface area contributed by atoms with Gasteiger partial charge in [0, 0.05) is 16.7 Å². The Morgan fingerprint density at radius 3 is 1.94 bits per heavy atom. The lowest BCUT2D eigenvalue weighted by molar-refractivity contribution is 0.00484. The first-order chi connectivity index (χ1) is 16.5.